The molecule has 0 bridgehead atoms. The molecule has 2 N–H and O–H groups in total. The van der Waals surface area contributed by atoms with Crippen molar-refractivity contribution in [1.29, 1.82) is 0 Å². The van der Waals surface area contributed by atoms with Crippen molar-refractivity contribution in [2.24, 2.45) is 5.92 Å². The van der Waals surface area contributed by atoms with Crippen LogP contribution in [0.4, 0.5) is 0 Å². The Balaban J connectivity index is 3.38. The van der Waals surface area contributed by atoms with Gasteiger partial charge in [-0.25, -0.2) is 0 Å². The van der Waals surface area contributed by atoms with E-state index in [2.05, 4.69) is 26.1 Å². The molecule has 0 saturated heterocycles. The van der Waals surface area contributed by atoms with Gasteiger partial charge in [-0.2, -0.15) is 0 Å². The first-order valence-electron chi connectivity index (χ1n) is 3.48. The van der Waals surface area contributed by atoms with Crippen LogP contribution < -0.4 is 5.32 Å². The molecule has 0 amide bonds. The third kappa shape index (κ3) is 4.43. The molecule has 2 unspecified atom stereocenters. The zero-order chi connectivity index (χ0) is 7.44. The number of aliphatic hydroxyl groups excluding tert-OH is 1. The van der Waals surface area contributed by atoms with Crippen LogP contribution in [-0.2, 0) is 0 Å². The highest BCUT2D eigenvalue weighted by atomic mass is 16.3. The lowest BCUT2D eigenvalue weighted by Gasteiger charge is -2.18. The number of nitrogens with one attached hydrogen (secondary N) is 1. The molecule has 0 aromatic rings. The summed E-state index contributed by atoms with van der Waals surface area (Å²) in [6.45, 7) is 8.05. The van der Waals surface area contributed by atoms with E-state index in [-0.39, 0.29) is 6.23 Å². The Labute approximate surface area is 57.3 Å². The lowest BCUT2D eigenvalue weighted by Crippen LogP contribution is -2.37. The van der Waals surface area contributed by atoms with E-state index in [1.54, 1.807) is 6.92 Å². The fraction of sp³-hybridized carbons (Fsp3) is 1.00. The second-order valence-electron chi connectivity index (χ2n) is 2.88. The quantitative estimate of drug-likeness (QED) is 0.559. The van der Waals surface area contributed by atoms with Gasteiger partial charge in [0.25, 0.3) is 0 Å². The van der Waals surface area contributed by atoms with Crippen LogP contribution in [0.15, 0.2) is 0 Å². The average Bonchev–Trinajstić information content (AvgIpc) is 1.63. The fourth-order valence-electron chi connectivity index (χ4n) is 0.573. The van der Waals surface area contributed by atoms with Gasteiger partial charge in [0.2, 0.25) is 0 Å². The molecule has 0 aromatic carbocycles. The molecule has 2 heteroatoms. The summed E-state index contributed by atoms with van der Waals surface area (Å²) in [5, 5.41) is 11.9. The maximum atomic E-state index is 8.86. The molecular formula is C7H17NO. The Morgan fingerprint density at radius 3 is 1.67 bits per heavy atom. The van der Waals surface area contributed by atoms with Crippen molar-refractivity contribution in [3.05, 3.63) is 0 Å². The molecule has 9 heavy (non-hydrogen) atoms. The molecule has 0 aliphatic carbocycles. The van der Waals surface area contributed by atoms with E-state index in [4.69, 9.17) is 5.11 Å². The monoisotopic (exact) mass is 131 g/mol. The van der Waals surface area contributed by atoms with E-state index < -0.39 is 0 Å². The Bertz CT molecular complexity index is 71.3. The number of rotatable bonds is 3. The fourth-order valence-corrected chi connectivity index (χ4v) is 0.573. The molecule has 0 radical (unpaired) electrons. The zero-order valence-electron chi connectivity index (χ0n) is 6.68. The van der Waals surface area contributed by atoms with E-state index in [0.717, 1.165) is 0 Å². The van der Waals surface area contributed by atoms with E-state index >= 15 is 0 Å². The van der Waals surface area contributed by atoms with Crippen LogP contribution in [0.2, 0.25) is 0 Å². The van der Waals surface area contributed by atoms with Gasteiger partial charge in [-0.3, -0.25) is 5.32 Å². The summed E-state index contributed by atoms with van der Waals surface area (Å²) in [5.74, 6) is 0.583. The topological polar surface area (TPSA) is 32.3 Å². The highest BCUT2D eigenvalue weighted by Gasteiger charge is 2.06. The molecule has 2 nitrogen and oxygen atoms in total. The van der Waals surface area contributed by atoms with Gasteiger partial charge in [-0.15, -0.1) is 0 Å². The Kier molecular flexibility index (Phi) is 3.82. The van der Waals surface area contributed by atoms with E-state index in [0.29, 0.717) is 12.0 Å². The van der Waals surface area contributed by atoms with E-state index in [1.165, 1.54) is 0 Å². The molecular weight excluding hydrogens is 114 g/mol. The van der Waals surface area contributed by atoms with Crippen LogP contribution in [0, 0.1) is 5.92 Å². The van der Waals surface area contributed by atoms with Crippen molar-refractivity contribution in [2.45, 2.75) is 40.0 Å². The molecule has 0 fully saturated rings. The average molecular weight is 131 g/mol. The highest BCUT2D eigenvalue weighted by molar-refractivity contribution is 4.63. The van der Waals surface area contributed by atoms with Crippen molar-refractivity contribution >= 4 is 0 Å². The lowest BCUT2D eigenvalue weighted by molar-refractivity contribution is 0.133. The smallest absolute Gasteiger partial charge is 0.102 e. The van der Waals surface area contributed by atoms with Gasteiger partial charge in [-0.05, 0) is 19.8 Å². The molecule has 0 aliphatic rings. The maximum Gasteiger partial charge on any atom is 0.102 e. The Hall–Kier alpha value is -0.0800. The van der Waals surface area contributed by atoms with Crippen LogP contribution in [-0.4, -0.2) is 17.4 Å². The zero-order valence-corrected chi connectivity index (χ0v) is 6.68. The second-order valence-corrected chi connectivity index (χ2v) is 2.88. The normalized spacial score (nSPS) is 18.0. The molecule has 0 spiro atoms. The molecule has 0 saturated carbocycles. The predicted molar refractivity (Wildman–Crippen MR) is 39.1 cm³/mol. The molecule has 56 valence electrons. The van der Waals surface area contributed by atoms with Crippen molar-refractivity contribution in [2.75, 3.05) is 0 Å². The number of aliphatic hydroxyl groups is 1. The van der Waals surface area contributed by atoms with Gasteiger partial charge in [-0.1, -0.05) is 13.8 Å². The first kappa shape index (κ1) is 8.92. The van der Waals surface area contributed by atoms with Crippen molar-refractivity contribution < 1.29 is 5.11 Å². The standard InChI is InChI=1S/C7H17NO/c1-5(2)6(3)8-7(4)9/h5-9H,1-4H3. The Morgan fingerprint density at radius 2 is 1.56 bits per heavy atom. The number of hydrogen-bond donors (Lipinski definition) is 2. The van der Waals surface area contributed by atoms with Gasteiger partial charge < -0.3 is 5.11 Å². The maximum absolute atomic E-state index is 8.86. The third-order valence-corrected chi connectivity index (χ3v) is 1.50. The van der Waals surface area contributed by atoms with Gasteiger partial charge in [0.05, 0.1) is 0 Å². The predicted octanol–water partition coefficient (Wildman–Crippen LogP) is 0.959. The summed E-state index contributed by atoms with van der Waals surface area (Å²) in [6, 6.07) is 0.394. The van der Waals surface area contributed by atoms with Gasteiger partial charge in [0.15, 0.2) is 0 Å². The minimum absolute atomic E-state index is 0.387. The molecule has 2 atom stereocenters. The van der Waals surface area contributed by atoms with Crippen LogP contribution >= 0.6 is 0 Å². The highest BCUT2D eigenvalue weighted by Crippen LogP contribution is 1.99. The summed E-state index contributed by atoms with van der Waals surface area (Å²) in [6.07, 6.45) is -0.387. The second kappa shape index (κ2) is 3.85. The summed E-state index contributed by atoms with van der Waals surface area (Å²) in [5.41, 5.74) is 0. The van der Waals surface area contributed by atoms with Crippen LogP contribution in [0.25, 0.3) is 0 Å². The van der Waals surface area contributed by atoms with Gasteiger partial charge >= 0.3 is 0 Å². The minimum Gasteiger partial charge on any atom is -0.379 e. The van der Waals surface area contributed by atoms with Crippen molar-refractivity contribution in [1.82, 2.24) is 5.32 Å². The van der Waals surface area contributed by atoms with Crippen LogP contribution in [0.1, 0.15) is 27.7 Å². The van der Waals surface area contributed by atoms with Crippen molar-refractivity contribution in [3.63, 3.8) is 0 Å². The summed E-state index contributed by atoms with van der Waals surface area (Å²) < 4.78 is 0. The first-order valence-corrected chi connectivity index (χ1v) is 3.48. The third-order valence-electron chi connectivity index (χ3n) is 1.50. The van der Waals surface area contributed by atoms with Crippen molar-refractivity contribution in [3.8, 4) is 0 Å². The lowest BCUT2D eigenvalue weighted by atomic mass is 10.1. The largest absolute Gasteiger partial charge is 0.379 e. The number of hydrogen-bond acceptors (Lipinski definition) is 2. The molecule has 0 aromatic heterocycles. The first-order chi connectivity index (χ1) is 4.04. The molecule has 0 heterocycles. The van der Waals surface area contributed by atoms with Crippen LogP contribution in [0.3, 0.4) is 0 Å². The molecule has 0 aliphatic heterocycles. The summed E-state index contributed by atoms with van der Waals surface area (Å²) in [7, 11) is 0. The van der Waals surface area contributed by atoms with E-state index in [1.807, 2.05) is 0 Å². The molecule has 0 rings (SSSR count). The summed E-state index contributed by atoms with van der Waals surface area (Å²) >= 11 is 0. The van der Waals surface area contributed by atoms with Crippen LogP contribution in [0.5, 0.6) is 0 Å². The Morgan fingerprint density at radius 1 is 1.11 bits per heavy atom. The van der Waals surface area contributed by atoms with E-state index in [9.17, 15) is 0 Å². The summed E-state index contributed by atoms with van der Waals surface area (Å²) in [4.78, 5) is 0. The van der Waals surface area contributed by atoms with Gasteiger partial charge in [0, 0.05) is 6.04 Å². The van der Waals surface area contributed by atoms with Gasteiger partial charge in [0.1, 0.15) is 6.23 Å². The SMILES string of the molecule is CC(O)NC(C)C(C)C. The minimum atomic E-state index is -0.387.